The lowest BCUT2D eigenvalue weighted by atomic mass is 10.0. The molecule has 1 unspecified atom stereocenters. The van der Waals surface area contributed by atoms with Crippen LogP contribution in [0.5, 0.6) is 5.75 Å². The van der Waals surface area contributed by atoms with Crippen LogP contribution in [0.3, 0.4) is 0 Å². The van der Waals surface area contributed by atoms with Crippen molar-refractivity contribution >= 4 is 11.4 Å². The molecule has 2 N–H and O–H groups in total. The molecule has 0 radical (unpaired) electrons. The van der Waals surface area contributed by atoms with Crippen LogP contribution in [0, 0.1) is 10.1 Å². The molecule has 0 saturated carbocycles. The largest absolute Gasteiger partial charge is 0.490 e. The molecule has 20 heavy (non-hydrogen) atoms. The fraction of sp³-hybridized carbons (Fsp3) is 0.538. The molecule has 1 aromatic carbocycles. The predicted molar refractivity (Wildman–Crippen MR) is 75.3 cm³/mol. The van der Waals surface area contributed by atoms with Crippen molar-refractivity contribution < 1.29 is 19.5 Å². The molecule has 0 heterocycles. The van der Waals surface area contributed by atoms with Crippen molar-refractivity contribution in [2.24, 2.45) is 0 Å². The van der Waals surface area contributed by atoms with Crippen LogP contribution in [0.2, 0.25) is 0 Å². The summed E-state index contributed by atoms with van der Waals surface area (Å²) >= 11 is 0. The fourth-order valence-corrected chi connectivity index (χ4v) is 1.64. The predicted octanol–water partition coefficient (Wildman–Crippen LogP) is 1.80. The van der Waals surface area contributed by atoms with Gasteiger partial charge in [0.05, 0.1) is 17.6 Å². The van der Waals surface area contributed by atoms with E-state index in [4.69, 9.17) is 9.47 Å². The first-order chi connectivity index (χ1) is 9.39. The molecule has 7 heteroatoms. The normalized spacial score (nSPS) is 13.6. The van der Waals surface area contributed by atoms with E-state index in [2.05, 4.69) is 5.32 Å². The number of nitrogens with one attached hydrogen (secondary N) is 1. The van der Waals surface area contributed by atoms with Gasteiger partial charge in [-0.3, -0.25) is 10.1 Å². The van der Waals surface area contributed by atoms with Crippen molar-refractivity contribution in [1.29, 1.82) is 0 Å². The Balaban J connectivity index is 2.71. The van der Waals surface area contributed by atoms with Gasteiger partial charge in [0.15, 0.2) is 5.75 Å². The van der Waals surface area contributed by atoms with E-state index in [1.807, 2.05) is 0 Å². The molecule has 0 spiro atoms. The highest BCUT2D eigenvalue weighted by Crippen LogP contribution is 2.29. The van der Waals surface area contributed by atoms with Gasteiger partial charge in [0, 0.05) is 44.5 Å². The Labute approximate surface area is 117 Å². The second-order valence-corrected chi connectivity index (χ2v) is 4.74. The number of aliphatic hydroxyl groups is 1. The molecule has 112 valence electrons. The van der Waals surface area contributed by atoms with Gasteiger partial charge < -0.3 is 19.9 Å². The third-order valence-corrected chi connectivity index (χ3v) is 2.89. The van der Waals surface area contributed by atoms with E-state index >= 15 is 0 Å². The van der Waals surface area contributed by atoms with Crippen molar-refractivity contribution in [3.05, 3.63) is 28.3 Å². The quantitative estimate of drug-likeness (QED) is 0.558. The summed E-state index contributed by atoms with van der Waals surface area (Å²) in [6, 6.07) is 4.47. The third-order valence-electron chi connectivity index (χ3n) is 2.89. The van der Waals surface area contributed by atoms with E-state index < -0.39 is 10.5 Å². The van der Waals surface area contributed by atoms with Crippen molar-refractivity contribution in [3.63, 3.8) is 0 Å². The van der Waals surface area contributed by atoms with E-state index in [1.165, 1.54) is 19.2 Å². The molecule has 0 fully saturated rings. The summed E-state index contributed by atoms with van der Waals surface area (Å²) < 4.78 is 9.91. The Morgan fingerprint density at radius 1 is 1.45 bits per heavy atom. The zero-order valence-electron chi connectivity index (χ0n) is 11.9. The summed E-state index contributed by atoms with van der Waals surface area (Å²) in [5.74, 6) is 0.177. The molecule has 0 saturated heterocycles. The van der Waals surface area contributed by atoms with Gasteiger partial charge in [-0.2, -0.15) is 0 Å². The number of nitrogens with zero attached hydrogens (tertiary/aromatic N) is 1. The van der Waals surface area contributed by atoms with Gasteiger partial charge in [-0.25, -0.2) is 0 Å². The van der Waals surface area contributed by atoms with Gasteiger partial charge in [0.25, 0.3) is 0 Å². The molecule has 1 atom stereocenters. The molecule has 0 aliphatic rings. The van der Waals surface area contributed by atoms with Crippen LogP contribution in [-0.4, -0.2) is 43.0 Å². The van der Waals surface area contributed by atoms with Crippen molar-refractivity contribution in [2.75, 3.05) is 32.7 Å². The maximum atomic E-state index is 10.8. The summed E-state index contributed by atoms with van der Waals surface area (Å²) in [4.78, 5) is 10.3. The van der Waals surface area contributed by atoms with E-state index in [1.54, 1.807) is 20.1 Å². The van der Waals surface area contributed by atoms with Crippen LogP contribution in [0.15, 0.2) is 18.2 Å². The molecular formula is C13H20N2O5. The monoisotopic (exact) mass is 284 g/mol. The molecule has 7 nitrogen and oxygen atoms in total. The van der Waals surface area contributed by atoms with E-state index in [9.17, 15) is 15.2 Å². The number of anilines is 1. The number of nitro groups is 1. The highest BCUT2D eigenvalue weighted by molar-refractivity contribution is 5.58. The first-order valence-electron chi connectivity index (χ1n) is 6.17. The smallest absolute Gasteiger partial charge is 0.311 e. The summed E-state index contributed by atoms with van der Waals surface area (Å²) in [5, 5.41) is 23.9. The third kappa shape index (κ3) is 4.67. The summed E-state index contributed by atoms with van der Waals surface area (Å²) in [5.41, 5.74) is -0.375. The molecule has 0 amide bonds. The molecule has 0 bridgehead atoms. The Hall–Kier alpha value is -1.86. The topological polar surface area (TPSA) is 93.9 Å². The highest BCUT2D eigenvalue weighted by atomic mass is 16.6. The van der Waals surface area contributed by atoms with Crippen molar-refractivity contribution in [3.8, 4) is 5.75 Å². The summed E-state index contributed by atoms with van der Waals surface area (Å²) in [7, 11) is 2.95. The molecule has 1 aromatic rings. The first-order valence-corrected chi connectivity index (χ1v) is 6.17. The SMILES string of the molecule is COCCC(C)(O)CNc1ccc([N+](=O)[O-])c(OC)c1. The van der Waals surface area contributed by atoms with Crippen LogP contribution in [0.25, 0.3) is 0 Å². The minimum atomic E-state index is -0.926. The van der Waals surface area contributed by atoms with Crippen LogP contribution in [0.1, 0.15) is 13.3 Å². The van der Waals surface area contributed by atoms with E-state index in [0.717, 1.165) is 0 Å². The van der Waals surface area contributed by atoms with Gasteiger partial charge in [0.1, 0.15) is 0 Å². The van der Waals surface area contributed by atoms with E-state index in [0.29, 0.717) is 25.3 Å². The number of hydrogen-bond donors (Lipinski definition) is 2. The average molecular weight is 284 g/mol. The number of hydrogen-bond acceptors (Lipinski definition) is 6. The lowest BCUT2D eigenvalue weighted by Gasteiger charge is -2.24. The lowest BCUT2D eigenvalue weighted by molar-refractivity contribution is -0.385. The number of rotatable bonds is 8. The zero-order chi connectivity index (χ0) is 15.2. The fourth-order valence-electron chi connectivity index (χ4n) is 1.64. The summed E-state index contributed by atoms with van der Waals surface area (Å²) in [6.45, 7) is 2.46. The van der Waals surface area contributed by atoms with Crippen LogP contribution in [0.4, 0.5) is 11.4 Å². The van der Waals surface area contributed by atoms with E-state index in [-0.39, 0.29) is 11.4 Å². The highest BCUT2D eigenvalue weighted by Gasteiger charge is 2.20. The molecule has 0 aromatic heterocycles. The minimum Gasteiger partial charge on any atom is -0.490 e. The molecule has 0 aliphatic carbocycles. The van der Waals surface area contributed by atoms with Crippen LogP contribution >= 0.6 is 0 Å². The Morgan fingerprint density at radius 2 is 2.15 bits per heavy atom. The number of nitro benzene ring substituents is 1. The number of benzene rings is 1. The van der Waals surface area contributed by atoms with Gasteiger partial charge >= 0.3 is 5.69 Å². The number of ether oxygens (including phenoxy) is 2. The second kappa shape index (κ2) is 7.06. The Morgan fingerprint density at radius 3 is 2.70 bits per heavy atom. The van der Waals surface area contributed by atoms with Gasteiger partial charge in [0.2, 0.25) is 0 Å². The van der Waals surface area contributed by atoms with Gasteiger partial charge in [-0.05, 0) is 13.0 Å². The molecule has 0 aliphatic heterocycles. The van der Waals surface area contributed by atoms with Crippen LogP contribution in [-0.2, 0) is 4.74 Å². The zero-order valence-corrected chi connectivity index (χ0v) is 11.9. The molecular weight excluding hydrogens is 264 g/mol. The maximum Gasteiger partial charge on any atom is 0.311 e. The minimum absolute atomic E-state index is 0.0933. The first kappa shape index (κ1) is 16.2. The van der Waals surface area contributed by atoms with Crippen LogP contribution < -0.4 is 10.1 Å². The maximum absolute atomic E-state index is 10.8. The second-order valence-electron chi connectivity index (χ2n) is 4.74. The van der Waals surface area contributed by atoms with Gasteiger partial charge in [-0.1, -0.05) is 0 Å². The Bertz CT molecular complexity index is 462. The average Bonchev–Trinajstić information content (AvgIpc) is 2.42. The van der Waals surface area contributed by atoms with Crippen molar-refractivity contribution in [1.82, 2.24) is 0 Å². The number of methoxy groups -OCH3 is 2. The lowest BCUT2D eigenvalue weighted by Crippen LogP contribution is -2.34. The molecule has 1 rings (SSSR count). The standard InChI is InChI=1S/C13H20N2O5/c1-13(16,6-7-19-2)9-14-10-4-5-11(15(17)18)12(8-10)20-3/h4-5,8,14,16H,6-7,9H2,1-3H3. The van der Waals surface area contributed by atoms with Crippen molar-refractivity contribution in [2.45, 2.75) is 18.9 Å². The van der Waals surface area contributed by atoms with Gasteiger partial charge in [-0.15, -0.1) is 0 Å². The summed E-state index contributed by atoms with van der Waals surface area (Å²) in [6.07, 6.45) is 0.487. The Kier molecular flexibility index (Phi) is 5.72.